The summed E-state index contributed by atoms with van der Waals surface area (Å²) in [5.41, 5.74) is 0. The standard InChI is InChI=1S/C13H21N5O3/c1-18-8-15-10(17-18)7-14-13(21)16-11(12(19)20)9-5-3-2-4-6-9/h8-9,11H,2-7H2,1H3,(H,19,20)(H2,14,16,21). The maximum atomic E-state index is 11.8. The van der Waals surface area contributed by atoms with Crippen LogP contribution < -0.4 is 10.6 Å². The molecule has 21 heavy (non-hydrogen) atoms. The number of aliphatic carboxylic acids is 1. The van der Waals surface area contributed by atoms with Gasteiger partial charge in [-0.1, -0.05) is 19.3 Å². The SMILES string of the molecule is Cn1cnc(CNC(=O)NC(C(=O)O)C2CCCCC2)n1. The van der Waals surface area contributed by atoms with Crippen molar-refractivity contribution in [2.75, 3.05) is 0 Å². The number of amides is 2. The molecule has 8 heteroatoms. The number of hydrogen-bond donors (Lipinski definition) is 3. The van der Waals surface area contributed by atoms with Gasteiger partial charge in [0.15, 0.2) is 5.82 Å². The van der Waals surface area contributed by atoms with Gasteiger partial charge in [0.2, 0.25) is 0 Å². The molecule has 1 atom stereocenters. The minimum absolute atomic E-state index is 0.00924. The molecule has 1 unspecified atom stereocenters. The van der Waals surface area contributed by atoms with Crippen LogP contribution in [0.1, 0.15) is 37.9 Å². The van der Waals surface area contributed by atoms with Crippen LogP contribution in [0.15, 0.2) is 6.33 Å². The summed E-state index contributed by atoms with van der Waals surface area (Å²) in [5.74, 6) is -0.486. The number of nitrogens with one attached hydrogen (secondary N) is 2. The molecular weight excluding hydrogens is 274 g/mol. The fourth-order valence-electron chi connectivity index (χ4n) is 2.67. The van der Waals surface area contributed by atoms with E-state index in [2.05, 4.69) is 20.7 Å². The first-order valence-electron chi connectivity index (χ1n) is 7.18. The van der Waals surface area contributed by atoms with E-state index in [-0.39, 0.29) is 12.5 Å². The van der Waals surface area contributed by atoms with Gasteiger partial charge < -0.3 is 15.7 Å². The number of hydrogen-bond acceptors (Lipinski definition) is 4. The van der Waals surface area contributed by atoms with E-state index in [4.69, 9.17) is 0 Å². The molecule has 0 saturated heterocycles. The molecule has 3 N–H and O–H groups in total. The van der Waals surface area contributed by atoms with E-state index in [0.717, 1.165) is 32.1 Å². The van der Waals surface area contributed by atoms with Crippen LogP contribution in [0.2, 0.25) is 0 Å². The van der Waals surface area contributed by atoms with E-state index >= 15 is 0 Å². The molecule has 116 valence electrons. The Kier molecular flexibility index (Phi) is 5.13. The van der Waals surface area contributed by atoms with Crippen molar-refractivity contribution >= 4 is 12.0 Å². The second-order valence-electron chi connectivity index (χ2n) is 5.38. The predicted molar refractivity (Wildman–Crippen MR) is 74.4 cm³/mol. The molecule has 1 heterocycles. The second-order valence-corrected chi connectivity index (χ2v) is 5.38. The second kappa shape index (κ2) is 7.05. The summed E-state index contributed by atoms with van der Waals surface area (Å²) < 4.78 is 1.54. The van der Waals surface area contributed by atoms with Crippen molar-refractivity contribution in [3.05, 3.63) is 12.2 Å². The molecule has 0 spiro atoms. The minimum atomic E-state index is -0.979. The number of carboxylic acids is 1. The molecule has 1 fully saturated rings. The third-order valence-electron chi connectivity index (χ3n) is 3.73. The molecule has 1 aromatic rings. The summed E-state index contributed by atoms with van der Waals surface area (Å²) in [6.45, 7) is 0.170. The van der Waals surface area contributed by atoms with E-state index in [1.165, 1.54) is 11.0 Å². The molecule has 2 rings (SSSR count). The van der Waals surface area contributed by atoms with Gasteiger partial charge in [0.25, 0.3) is 0 Å². The lowest BCUT2D eigenvalue weighted by Crippen LogP contribution is -2.50. The average Bonchev–Trinajstić information content (AvgIpc) is 2.89. The van der Waals surface area contributed by atoms with E-state index in [0.29, 0.717) is 5.82 Å². The Labute approximate surface area is 122 Å². The van der Waals surface area contributed by atoms with Crippen molar-refractivity contribution in [2.45, 2.75) is 44.7 Å². The van der Waals surface area contributed by atoms with Crippen molar-refractivity contribution < 1.29 is 14.7 Å². The number of rotatable bonds is 5. The lowest BCUT2D eigenvalue weighted by atomic mass is 9.84. The zero-order chi connectivity index (χ0) is 15.2. The first-order chi connectivity index (χ1) is 10.1. The van der Waals surface area contributed by atoms with Crippen molar-refractivity contribution in [1.82, 2.24) is 25.4 Å². The zero-order valence-corrected chi connectivity index (χ0v) is 12.1. The number of carboxylic acid groups (broad SMARTS) is 1. The van der Waals surface area contributed by atoms with Crippen molar-refractivity contribution in [3.8, 4) is 0 Å². The summed E-state index contributed by atoms with van der Waals surface area (Å²) >= 11 is 0. The molecule has 0 radical (unpaired) electrons. The summed E-state index contributed by atoms with van der Waals surface area (Å²) in [6, 6.07) is -1.33. The van der Waals surface area contributed by atoms with Crippen LogP contribution in [-0.2, 0) is 18.4 Å². The highest BCUT2D eigenvalue weighted by Crippen LogP contribution is 2.26. The van der Waals surface area contributed by atoms with Crippen LogP contribution in [0.4, 0.5) is 4.79 Å². The Morgan fingerprint density at radius 2 is 2.14 bits per heavy atom. The lowest BCUT2D eigenvalue weighted by Gasteiger charge is -2.27. The maximum absolute atomic E-state index is 11.8. The third kappa shape index (κ3) is 4.44. The van der Waals surface area contributed by atoms with Crippen molar-refractivity contribution in [1.29, 1.82) is 0 Å². The Balaban J connectivity index is 1.84. The molecule has 1 aromatic heterocycles. The summed E-state index contributed by atoms with van der Waals surface area (Å²) in [6.07, 6.45) is 6.42. The Hall–Kier alpha value is -2.12. The Bertz CT molecular complexity index is 496. The highest BCUT2D eigenvalue weighted by Gasteiger charge is 2.30. The van der Waals surface area contributed by atoms with Gasteiger partial charge >= 0.3 is 12.0 Å². The van der Waals surface area contributed by atoms with E-state index in [1.54, 1.807) is 7.05 Å². The molecule has 0 aliphatic heterocycles. The highest BCUT2D eigenvalue weighted by molar-refractivity contribution is 5.82. The monoisotopic (exact) mass is 295 g/mol. The van der Waals surface area contributed by atoms with Crippen molar-refractivity contribution in [2.24, 2.45) is 13.0 Å². The molecule has 1 aliphatic rings. The summed E-state index contributed by atoms with van der Waals surface area (Å²) in [5, 5.41) is 18.5. The third-order valence-corrected chi connectivity index (χ3v) is 3.73. The number of aryl methyl sites for hydroxylation is 1. The first kappa shape index (κ1) is 15.3. The number of urea groups is 1. The molecule has 0 aromatic carbocycles. The number of carbonyl (C=O) groups excluding carboxylic acids is 1. The van der Waals surface area contributed by atoms with Gasteiger partial charge in [-0.2, -0.15) is 5.10 Å². The van der Waals surface area contributed by atoms with Crippen LogP contribution in [-0.4, -0.2) is 37.9 Å². The predicted octanol–water partition coefficient (Wildman–Crippen LogP) is 0.648. The Morgan fingerprint density at radius 1 is 1.43 bits per heavy atom. The highest BCUT2D eigenvalue weighted by atomic mass is 16.4. The van der Waals surface area contributed by atoms with Crippen molar-refractivity contribution in [3.63, 3.8) is 0 Å². The summed E-state index contributed by atoms with van der Waals surface area (Å²) in [7, 11) is 1.74. The van der Waals surface area contributed by atoms with Gasteiger partial charge in [-0.15, -0.1) is 0 Å². The average molecular weight is 295 g/mol. The van der Waals surface area contributed by atoms with Crippen LogP contribution in [0.25, 0.3) is 0 Å². The minimum Gasteiger partial charge on any atom is -0.480 e. The van der Waals surface area contributed by atoms with Crippen LogP contribution >= 0.6 is 0 Å². The van der Waals surface area contributed by atoms with Crippen LogP contribution in [0.5, 0.6) is 0 Å². The van der Waals surface area contributed by atoms with Gasteiger partial charge in [-0.3, -0.25) is 4.68 Å². The quantitative estimate of drug-likeness (QED) is 0.739. The van der Waals surface area contributed by atoms with Gasteiger partial charge in [-0.25, -0.2) is 14.6 Å². The molecule has 0 bridgehead atoms. The number of nitrogens with zero attached hydrogens (tertiary/aromatic N) is 3. The fourth-order valence-corrected chi connectivity index (χ4v) is 2.67. The number of aromatic nitrogens is 3. The molecule has 8 nitrogen and oxygen atoms in total. The molecule has 1 saturated carbocycles. The van der Waals surface area contributed by atoms with E-state index in [1.807, 2.05) is 0 Å². The summed E-state index contributed by atoms with van der Waals surface area (Å²) in [4.78, 5) is 27.2. The molecular formula is C13H21N5O3. The normalized spacial score (nSPS) is 17.2. The van der Waals surface area contributed by atoms with Gasteiger partial charge in [0.1, 0.15) is 12.4 Å². The van der Waals surface area contributed by atoms with Crippen LogP contribution in [0.3, 0.4) is 0 Å². The maximum Gasteiger partial charge on any atom is 0.326 e. The van der Waals surface area contributed by atoms with Crippen LogP contribution in [0, 0.1) is 5.92 Å². The van der Waals surface area contributed by atoms with E-state index < -0.39 is 18.0 Å². The zero-order valence-electron chi connectivity index (χ0n) is 12.1. The van der Waals surface area contributed by atoms with Gasteiger partial charge in [0.05, 0.1) is 6.54 Å². The lowest BCUT2D eigenvalue weighted by molar-refractivity contribution is -0.141. The largest absolute Gasteiger partial charge is 0.480 e. The number of carbonyl (C=O) groups is 2. The Morgan fingerprint density at radius 3 is 2.71 bits per heavy atom. The van der Waals surface area contributed by atoms with Gasteiger partial charge in [0, 0.05) is 7.05 Å². The van der Waals surface area contributed by atoms with E-state index in [9.17, 15) is 14.7 Å². The van der Waals surface area contributed by atoms with Gasteiger partial charge in [-0.05, 0) is 18.8 Å². The topological polar surface area (TPSA) is 109 Å². The smallest absolute Gasteiger partial charge is 0.326 e. The molecule has 1 aliphatic carbocycles. The fraction of sp³-hybridized carbons (Fsp3) is 0.692. The molecule has 2 amide bonds. The first-order valence-corrected chi connectivity index (χ1v) is 7.18.